The number of ether oxygens (including phenoxy) is 1. The van der Waals surface area contributed by atoms with E-state index in [9.17, 15) is 18.0 Å². The molecule has 3 rings (SSSR count). The summed E-state index contributed by atoms with van der Waals surface area (Å²) in [4.78, 5) is 12.1. The van der Waals surface area contributed by atoms with Crippen LogP contribution in [0.2, 0.25) is 5.02 Å². The van der Waals surface area contributed by atoms with E-state index in [0.29, 0.717) is 18.9 Å². The number of aromatic nitrogens is 1. The van der Waals surface area contributed by atoms with Crippen LogP contribution in [0.3, 0.4) is 0 Å². The molecule has 152 valence electrons. The maximum Gasteiger partial charge on any atom is 0.417 e. The summed E-state index contributed by atoms with van der Waals surface area (Å²) in [5.41, 5.74) is -0.603. The lowest BCUT2D eigenvalue weighted by Crippen LogP contribution is -2.51. The highest BCUT2D eigenvalue weighted by Gasteiger charge is 2.31. The minimum absolute atomic E-state index is 0.0958. The van der Waals surface area contributed by atoms with Crippen molar-refractivity contribution in [3.63, 3.8) is 0 Å². The maximum atomic E-state index is 13.0. The Morgan fingerprint density at radius 2 is 2.14 bits per heavy atom. The van der Waals surface area contributed by atoms with Gasteiger partial charge in [-0.3, -0.25) is 9.36 Å². The predicted octanol–water partition coefficient (Wildman–Crippen LogP) is 3.69. The third kappa shape index (κ3) is 4.68. The first-order chi connectivity index (χ1) is 13.3. The van der Waals surface area contributed by atoms with Gasteiger partial charge in [0, 0.05) is 30.5 Å². The number of benzene rings is 1. The lowest BCUT2D eigenvalue weighted by atomic mass is 10.0. The number of rotatable bonds is 5. The number of nitrogens with one attached hydrogen (secondary N) is 2. The number of hydrogen-bond donors (Lipinski definition) is 2. The van der Waals surface area contributed by atoms with Crippen LogP contribution in [0, 0.1) is 0 Å². The van der Waals surface area contributed by atoms with Crippen LogP contribution in [0.15, 0.2) is 41.3 Å². The molecular formula is C19H21ClF3N3O2. The molecule has 2 aromatic rings. The highest BCUT2D eigenvalue weighted by atomic mass is 35.5. The first kappa shape index (κ1) is 20.7. The molecule has 1 aromatic carbocycles. The van der Waals surface area contributed by atoms with Crippen LogP contribution in [0.1, 0.15) is 18.9 Å². The average molecular weight is 416 g/mol. The van der Waals surface area contributed by atoms with Crippen LogP contribution < -0.4 is 16.2 Å². The number of alkyl halides is 3. The molecule has 2 heterocycles. The second-order valence-corrected chi connectivity index (χ2v) is 6.99. The van der Waals surface area contributed by atoms with E-state index in [4.69, 9.17) is 16.3 Å². The third-order valence-corrected chi connectivity index (χ3v) is 4.98. The van der Waals surface area contributed by atoms with Crippen molar-refractivity contribution in [3.8, 4) is 5.69 Å². The van der Waals surface area contributed by atoms with Crippen LogP contribution in [-0.4, -0.2) is 36.4 Å². The summed E-state index contributed by atoms with van der Waals surface area (Å²) in [6.07, 6.45) is -2.95. The first-order valence-corrected chi connectivity index (χ1v) is 9.35. The van der Waals surface area contributed by atoms with Gasteiger partial charge in [-0.25, -0.2) is 0 Å². The molecule has 0 radical (unpaired) electrons. The van der Waals surface area contributed by atoms with Gasteiger partial charge < -0.3 is 15.4 Å². The van der Waals surface area contributed by atoms with Crippen molar-refractivity contribution in [1.82, 2.24) is 9.88 Å². The number of halogens is 4. The second kappa shape index (κ2) is 8.55. The van der Waals surface area contributed by atoms with Gasteiger partial charge in [-0.1, -0.05) is 18.5 Å². The number of pyridine rings is 1. The zero-order chi connectivity index (χ0) is 20.3. The van der Waals surface area contributed by atoms with Crippen molar-refractivity contribution >= 4 is 17.3 Å². The fourth-order valence-electron chi connectivity index (χ4n) is 3.18. The molecule has 1 aromatic heterocycles. The van der Waals surface area contributed by atoms with Crippen molar-refractivity contribution in [2.45, 2.75) is 31.6 Å². The van der Waals surface area contributed by atoms with Crippen molar-refractivity contribution in [2.75, 3.05) is 25.1 Å². The van der Waals surface area contributed by atoms with Crippen LogP contribution in [0.25, 0.3) is 5.69 Å². The maximum absolute atomic E-state index is 13.0. The summed E-state index contributed by atoms with van der Waals surface area (Å²) in [5.74, 6) is 0. The Morgan fingerprint density at radius 1 is 1.36 bits per heavy atom. The molecule has 0 saturated carbocycles. The monoisotopic (exact) mass is 415 g/mol. The first-order valence-electron chi connectivity index (χ1n) is 8.97. The molecule has 9 heteroatoms. The summed E-state index contributed by atoms with van der Waals surface area (Å²) in [5, 5.41) is 6.95. The molecule has 0 aliphatic carbocycles. The van der Waals surface area contributed by atoms with Crippen molar-refractivity contribution in [1.29, 1.82) is 0 Å². The lowest BCUT2D eigenvalue weighted by Gasteiger charge is -2.32. The van der Waals surface area contributed by atoms with Gasteiger partial charge in [0.25, 0.3) is 5.56 Å². The quantitative estimate of drug-likeness (QED) is 0.782. The van der Waals surface area contributed by atoms with E-state index in [1.165, 1.54) is 6.07 Å². The SMILES string of the molecule is CCC(Nc1ccc(-n2cc(C(F)(F)F)ccc2=O)c(Cl)c1)C1COCCN1. The minimum Gasteiger partial charge on any atom is -0.381 e. The standard InChI is InChI=1S/C19H21ClF3N3O2/c1-2-15(16-11-28-8-7-24-16)25-13-4-5-17(14(20)9-13)26-10-12(19(21,22)23)3-6-18(26)27/h3-6,9-10,15-16,24-25H,2,7-8,11H2,1H3. The van der Waals surface area contributed by atoms with Crippen molar-refractivity contribution in [2.24, 2.45) is 0 Å². The highest BCUT2D eigenvalue weighted by Crippen LogP contribution is 2.30. The van der Waals surface area contributed by atoms with Gasteiger partial charge in [-0.15, -0.1) is 0 Å². The van der Waals surface area contributed by atoms with E-state index in [1.54, 1.807) is 12.1 Å². The molecule has 0 amide bonds. The topological polar surface area (TPSA) is 55.3 Å². The van der Waals surface area contributed by atoms with Crippen molar-refractivity contribution in [3.05, 3.63) is 57.5 Å². The Bertz CT molecular complexity index is 879. The van der Waals surface area contributed by atoms with Crippen LogP contribution in [-0.2, 0) is 10.9 Å². The van der Waals surface area contributed by atoms with Crippen molar-refractivity contribution < 1.29 is 17.9 Å². The zero-order valence-corrected chi connectivity index (χ0v) is 16.0. The molecule has 2 unspecified atom stereocenters. The fraction of sp³-hybridized carbons (Fsp3) is 0.421. The molecule has 5 nitrogen and oxygen atoms in total. The largest absolute Gasteiger partial charge is 0.417 e. The Labute approximate surface area is 165 Å². The molecule has 2 atom stereocenters. The Morgan fingerprint density at radius 3 is 2.75 bits per heavy atom. The van der Waals surface area contributed by atoms with E-state index >= 15 is 0 Å². The number of anilines is 1. The number of morpholine rings is 1. The van der Waals surface area contributed by atoms with E-state index in [1.807, 2.05) is 6.92 Å². The molecule has 1 saturated heterocycles. The summed E-state index contributed by atoms with van der Waals surface area (Å²) >= 11 is 6.29. The molecule has 1 aliphatic heterocycles. The Balaban J connectivity index is 1.85. The number of hydrogen-bond acceptors (Lipinski definition) is 4. The lowest BCUT2D eigenvalue weighted by molar-refractivity contribution is -0.138. The Kier molecular flexibility index (Phi) is 6.32. The normalized spacial score (nSPS) is 18.7. The van der Waals surface area contributed by atoms with Gasteiger partial charge >= 0.3 is 6.18 Å². The zero-order valence-electron chi connectivity index (χ0n) is 15.2. The summed E-state index contributed by atoms with van der Waals surface area (Å²) in [6, 6.07) is 6.71. The summed E-state index contributed by atoms with van der Waals surface area (Å²) < 4.78 is 45.3. The van der Waals surface area contributed by atoms with E-state index in [0.717, 1.165) is 35.9 Å². The molecule has 0 spiro atoms. The molecule has 2 N–H and O–H groups in total. The molecule has 1 fully saturated rings. The molecular weight excluding hydrogens is 395 g/mol. The third-order valence-electron chi connectivity index (χ3n) is 4.67. The van der Waals surface area contributed by atoms with Crippen LogP contribution in [0.5, 0.6) is 0 Å². The molecule has 28 heavy (non-hydrogen) atoms. The average Bonchev–Trinajstić information content (AvgIpc) is 2.67. The number of nitrogens with zero attached hydrogens (tertiary/aromatic N) is 1. The highest BCUT2D eigenvalue weighted by molar-refractivity contribution is 6.32. The fourth-order valence-corrected chi connectivity index (χ4v) is 3.45. The minimum atomic E-state index is -4.55. The Hall–Kier alpha value is -2.03. The van der Waals surface area contributed by atoms with Gasteiger partial charge in [0.05, 0.1) is 35.5 Å². The van der Waals surface area contributed by atoms with Gasteiger partial charge in [-0.2, -0.15) is 13.2 Å². The van der Waals surface area contributed by atoms with E-state index in [2.05, 4.69) is 10.6 Å². The van der Waals surface area contributed by atoms with Gasteiger partial charge in [0.15, 0.2) is 0 Å². The van der Waals surface area contributed by atoms with Crippen LogP contribution >= 0.6 is 11.6 Å². The van der Waals surface area contributed by atoms with Crippen LogP contribution in [0.4, 0.5) is 18.9 Å². The van der Waals surface area contributed by atoms with Gasteiger partial charge in [0.2, 0.25) is 0 Å². The van der Waals surface area contributed by atoms with Gasteiger partial charge in [-0.05, 0) is 30.7 Å². The summed E-state index contributed by atoms with van der Waals surface area (Å²) in [6.45, 7) is 4.10. The van der Waals surface area contributed by atoms with E-state index in [-0.39, 0.29) is 22.8 Å². The molecule has 0 bridgehead atoms. The molecule has 1 aliphatic rings. The predicted molar refractivity (Wildman–Crippen MR) is 102 cm³/mol. The smallest absolute Gasteiger partial charge is 0.381 e. The van der Waals surface area contributed by atoms with E-state index < -0.39 is 17.3 Å². The summed E-state index contributed by atoms with van der Waals surface area (Å²) in [7, 11) is 0. The second-order valence-electron chi connectivity index (χ2n) is 6.58. The van der Waals surface area contributed by atoms with Gasteiger partial charge in [0.1, 0.15) is 0 Å².